The number of nitrogens with zero attached hydrogens (tertiary/aromatic N) is 3. The molecule has 0 bridgehead atoms. The summed E-state index contributed by atoms with van der Waals surface area (Å²) in [4.78, 5) is 2.85. The molecule has 106 valence electrons. The molecule has 0 aromatic heterocycles. The Labute approximate surface area is 111 Å². The van der Waals surface area contributed by atoms with E-state index < -0.39 is 14.5 Å². The molecule has 7 heteroatoms. The van der Waals surface area contributed by atoms with Crippen molar-refractivity contribution in [2.24, 2.45) is 5.11 Å². The number of hydrogen-bond donors (Lipinski definition) is 0. The lowest BCUT2D eigenvalue weighted by molar-refractivity contribution is -0.0186. The molecule has 6 nitrogen and oxygen atoms in total. The van der Waals surface area contributed by atoms with Crippen molar-refractivity contribution in [3.05, 3.63) is 10.4 Å². The molecule has 0 aromatic rings. The Balaban J connectivity index is 5.09. The van der Waals surface area contributed by atoms with Gasteiger partial charge in [-0.25, -0.2) is 0 Å². The van der Waals surface area contributed by atoms with Crippen molar-refractivity contribution in [3.63, 3.8) is 0 Å². The first-order chi connectivity index (χ1) is 8.51. The van der Waals surface area contributed by atoms with Gasteiger partial charge in [0.2, 0.25) is 0 Å². The third-order valence-corrected chi connectivity index (χ3v) is 5.89. The summed E-state index contributed by atoms with van der Waals surface area (Å²) in [7, 11) is -2.75. The zero-order chi connectivity index (χ0) is 14.1. The summed E-state index contributed by atoms with van der Waals surface area (Å²) >= 11 is 0. The van der Waals surface area contributed by atoms with Crippen molar-refractivity contribution in [1.82, 2.24) is 0 Å². The lowest BCUT2D eigenvalue weighted by Gasteiger charge is -2.36. The third-order valence-electron chi connectivity index (χ3n) is 2.57. The standard InChI is InChI=1S/C11H25N3O3Si/c1-6-10-18(15-8-3,16-9-4)17-11(5,7-2)13-14-12/h6-10H2,1-5H3. The van der Waals surface area contributed by atoms with Crippen LogP contribution in [0.1, 0.15) is 47.5 Å². The van der Waals surface area contributed by atoms with Crippen molar-refractivity contribution in [1.29, 1.82) is 0 Å². The van der Waals surface area contributed by atoms with E-state index in [1.54, 1.807) is 6.92 Å². The molecule has 0 aromatic carbocycles. The average molecular weight is 275 g/mol. The van der Waals surface area contributed by atoms with E-state index in [4.69, 9.17) is 18.8 Å². The van der Waals surface area contributed by atoms with Gasteiger partial charge in [-0.3, -0.25) is 0 Å². The third kappa shape index (κ3) is 5.37. The van der Waals surface area contributed by atoms with E-state index >= 15 is 0 Å². The van der Waals surface area contributed by atoms with Crippen LogP contribution < -0.4 is 0 Å². The van der Waals surface area contributed by atoms with E-state index in [2.05, 4.69) is 16.9 Å². The first-order valence-electron chi connectivity index (χ1n) is 6.55. The average Bonchev–Trinajstić information content (AvgIpc) is 2.30. The molecule has 0 saturated heterocycles. The normalized spacial score (nSPS) is 14.9. The fourth-order valence-electron chi connectivity index (χ4n) is 1.63. The van der Waals surface area contributed by atoms with Crippen molar-refractivity contribution >= 4 is 8.80 Å². The van der Waals surface area contributed by atoms with E-state index in [0.29, 0.717) is 19.6 Å². The summed E-state index contributed by atoms with van der Waals surface area (Å²) < 4.78 is 17.5. The summed E-state index contributed by atoms with van der Waals surface area (Å²) in [5, 5.41) is 3.74. The molecule has 0 fully saturated rings. The molecule has 0 saturated carbocycles. The highest BCUT2D eigenvalue weighted by Gasteiger charge is 2.45. The first kappa shape index (κ1) is 17.4. The molecule has 0 aliphatic heterocycles. The van der Waals surface area contributed by atoms with E-state index in [-0.39, 0.29) is 0 Å². The van der Waals surface area contributed by atoms with Crippen molar-refractivity contribution in [2.45, 2.75) is 59.2 Å². The Kier molecular flexibility index (Phi) is 8.22. The minimum atomic E-state index is -2.75. The van der Waals surface area contributed by atoms with Gasteiger partial charge in [0.1, 0.15) is 5.72 Å². The second kappa shape index (κ2) is 8.50. The fraction of sp³-hybridized carbons (Fsp3) is 1.00. The van der Waals surface area contributed by atoms with Crippen LogP contribution in [0.25, 0.3) is 10.4 Å². The Bertz CT molecular complexity index is 268. The van der Waals surface area contributed by atoms with Gasteiger partial charge in [0.05, 0.1) is 0 Å². The number of rotatable bonds is 10. The van der Waals surface area contributed by atoms with E-state index in [0.717, 1.165) is 12.5 Å². The lowest BCUT2D eigenvalue weighted by atomic mass is 10.2. The molecular formula is C11H25N3O3Si. The van der Waals surface area contributed by atoms with Gasteiger partial charge in [0, 0.05) is 24.2 Å². The summed E-state index contributed by atoms with van der Waals surface area (Å²) in [6, 6.07) is 0.727. The van der Waals surface area contributed by atoms with Crippen LogP contribution in [0.3, 0.4) is 0 Å². The highest BCUT2D eigenvalue weighted by Crippen LogP contribution is 2.28. The summed E-state index contributed by atoms with van der Waals surface area (Å²) in [5.41, 5.74) is 7.73. The highest BCUT2D eigenvalue weighted by atomic mass is 28.4. The molecule has 0 radical (unpaired) electrons. The van der Waals surface area contributed by atoms with Gasteiger partial charge in [-0.2, -0.15) is 0 Å². The molecule has 0 rings (SSSR count). The minimum absolute atomic E-state index is 0.530. The van der Waals surface area contributed by atoms with Crippen LogP contribution in [0.5, 0.6) is 0 Å². The van der Waals surface area contributed by atoms with Gasteiger partial charge in [-0.1, -0.05) is 25.4 Å². The topological polar surface area (TPSA) is 76.5 Å². The SMILES string of the molecule is CCC[Si](OCC)(OCC)OC(C)(CC)N=[N+]=[N-]. The van der Waals surface area contributed by atoms with Crippen LogP contribution in [0, 0.1) is 0 Å². The zero-order valence-corrected chi connectivity index (χ0v) is 13.1. The van der Waals surface area contributed by atoms with Crippen molar-refractivity contribution in [3.8, 4) is 0 Å². The molecular weight excluding hydrogens is 250 g/mol. The lowest BCUT2D eigenvalue weighted by Crippen LogP contribution is -2.51. The van der Waals surface area contributed by atoms with E-state index in [1.165, 1.54) is 0 Å². The largest absolute Gasteiger partial charge is 0.501 e. The smallest absolute Gasteiger partial charge is 0.374 e. The van der Waals surface area contributed by atoms with Gasteiger partial charge >= 0.3 is 8.80 Å². The van der Waals surface area contributed by atoms with Crippen molar-refractivity contribution in [2.75, 3.05) is 13.2 Å². The molecule has 0 spiro atoms. The maximum Gasteiger partial charge on any atom is 0.501 e. The molecule has 1 unspecified atom stereocenters. The Hall–Kier alpha value is -0.593. The number of hydrogen-bond acceptors (Lipinski definition) is 4. The molecule has 0 N–H and O–H groups in total. The van der Waals surface area contributed by atoms with Crippen LogP contribution in [-0.2, 0) is 13.3 Å². The summed E-state index contributed by atoms with van der Waals surface area (Å²) in [5.74, 6) is 0. The molecule has 1 atom stereocenters. The molecule has 0 amide bonds. The maximum absolute atomic E-state index is 8.63. The van der Waals surface area contributed by atoms with E-state index in [1.807, 2.05) is 20.8 Å². The molecule has 0 aliphatic rings. The molecule has 18 heavy (non-hydrogen) atoms. The summed E-state index contributed by atoms with van der Waals surface area (Å²) in [6.45, 7) is 10.6. The van der Waals surface area contributed by atoms with Gasteiger partial charge in [0.15, 0.2) is 0 Å². The quantitative estimate of drug-likeness (QED) is 0.263. The van der Waals surface area contributed by atoms with Gasteiger partial charge < -0.3 is 13.3 Å². The van der Waals surface area contributed by atoms with Gasteiger partial charge in [-0.05, 0) is 32.7 Å². The second-order valence-electron chi connectivity index (χ2n) is 4.12. The predicted molar refractivity (Wildman–Crippen MR) is 73.0 cm³/mol. The first-order valence-corrected chi connectivity index (χ1v) is 8.48. The zero-order valence-electron chi connectivity index (χ0n) is 12.1. The van der Waals surface area contributed by atoms with Gasteiger partial charge in [0.25, 0.3) is 0 Å². The minimum Gasteiger partial charge on any atom is -0.374 e. The molecule has 0 aliphatic carbocycles. The fourth-order valence-corrected chi connectivity index (χ4v) is 4.57. The van der Waals surface area contributed by atoms with Crippen LogP contribution in [0.4, 0.5) is 0 Å². The monoisotopic (exact) mass is 275 g/mol. The predicted octanol–water partition coefficient (Wildman–Crippen LogP) is 3.86. The van der Waals surface area contributed by atoms with Crippen LogP contribution in [0.15, 0.2) is 5.11 Å². The van der Waals surface area contributed by atoms with E-state index in [9.17, 15) is 0 Å². The second-order valence-corrected chi connectivity index (χ2v) is 6.77. The Morgan fingerprint density at radius 3 is 2.06 bits per heavy atom. The Morgan fingerprint density at radius 2 is 1.72 bits per heavy atom. The number of azide groups is 1. The van der Waals surface area contributed by atoms with Crippen molar-refractivity contribution < 1.29 is 13.3 Å². The summed E-state index contributed by atoms with van der Waals surface area (Å²) in [6.07, 6.45) is 1.48. The van der Waals surface area contributed by atoms with Gasteiger partial charge in [-0.15, -0.1) is 0 Å². The van der Waals surface area contributed by atoms with Crippen LogP contribution >= 0.6 is 0 Å². The highest BCUT2D eigenvalue weighted by molar-refractivity contribution is 6.60. The molecule has 0 heterocycles. The van der Waals surface area contributed by atoms with Crippen LogP contribution in [0.2, 0.25) is 6.04 Å². The van der Waals surface area contributed by atoms with Crippen LogP contribution in [-0.4, -0.2) is 27.7 Å². The Morgan fingerprint density at radius 1 is 1.17 bits per heavy atom. The maximum atomic E-state index is 8.63.